The molecule has 1 amide bonds. The second-order valence-electron chi connectivity index (χ2n) is 6.28. The van der Waals surface area contributed by atoms with Gasteiger partial charge >= 0.3 is 0 Å². The van der Waals surface area contributed by atoms with Crippen molar-refractivity contribution in [3.63, 3.8) is 0 Å². The van der Waals surface area contributed by atoms with Gasteiger partial charge in [0.2, 0.25) is 0 Å². The summed E-state index contributed by atoms with van der Waals surface area (Å²) in [6, 6.07) is 3.71. The molecule has 0 aliphatic carbocycles. The zero-order valence-corrected chi connectivity index (χ0v) is 17.7. The molecule has 0 saturated carbocycles. The normalized spacial score (nSPS) is 15.8. The molecule has 0 radical (unpaired) electrons. The maximum atomic E-state index is 13.1. The van der Waals surface area contributed by atoms with E-state index in [0.29, 0.717) is 46.0 Å². The summed E-state index contributed by atoms with van der Waals surface area (Å²) in [5, 5.41) is 3.23. The number of carbonyl (C=O) groups is 1. The minimum atomic E-state index is -0.234. The van der Waals surface area contributed by atoms with E-state index < -0.39 is 0 Å². The molecule has 0 bridgehead atoms. The van der Waals surface area contributed by atoms with Gasteiger partial charge in [-0.05, 0) is 38.0 Å². The van der Waals surface area contributed by atoms with Crippen LogP contribution in [0.4, 0.5) is 5.82 Å². The third-order valence-electron chi connectivity index (χ3n) is 4.31. The molecule has 9 heteroatoms. The van der Waals surface area contributed by atoms with Gasteiger partial charge < -0.3 is 10.1 Å². The molecule has 1 aliphatic heterocycles. The average Bonchev–Trinajstić information content (AvgIpc) is 2.92. The number of likely N-dealkylation sites (N-methyl/N-ethyl adjacent to an activating group) is 1. The fourth-order valence-corrected chi connectivity index (χ4v) is 3.94. The number of thiocarbonyl (C=S) groups is 1. The molecule has 148 valence electrons. The van der Waals surface area contributed by atoms with Crippen molar-refractivity contribution in [2.45, 2.75) is 20.3 Å². The number of amides is 1. The summed E-state index contributed by atoms with van der Waals surface area (Å²) in [6.45, 7) is 5.74. The number of carbonyl (C=O) groups excluding carboxylic acids is 1. The van der Waals surface area contributed by atoms with Crippen molar-refractivity contribution in [3.8, 4) is 0 Å². The van der Waals surface area contributed by atoms with Crippen LogP contribution in [0.25, 0.3) is 11.7 Å². The number of anilines is 1. The van der Waals surface area contributed by atoms with Crippen molar-refractivity contribution in [3.05, 3.63) is 44.7 Å². The van der Waals surface area contributed by atoms with Crippen LogP contribution in [-0.2, 0) is 9.53 Å². The molecule has 1 saturated heterocycles. The molecule has 3 heterocycles. The molecule has 2 aromatic rings. The highest BCUT2D eigenvalue weighted by atomic mass is 32.2. The van der Waals surface area contributed by atoms with Crippen LogP contribution in [0, 0.1) is 6.92 Å². The fourth-order valence-electron chi connectivity index (χ4n) is 2.78. The summed E-state index contributed by atoms with van der Waals surface area (Å²) in [5.41, 5.74) is 1.58. The first kappa shape index (κ1) is 20.5. The number of nitrogens with one attached hydrogen (secondary N) is 1. The number of aryl methyl sites for hydroxylation is 1. The summed E-state index contributed by atoms with van der Waals surface area (Å²) in [6.07, 6.45) is 4.04. The van der Waals surface area contributed by atoms with Crippen molar-refractivity contribution in [2.75, 3.05) is 32.1 Å². The molecule has 28 heavy (non-hydrogen) atoms. The lowest BCUT2D eigenvalue weighted by Crippen LogP contribution is -2.23. The van der Waals surface area contributed by atoms with Gasteiger partial charge in [-0.1, -0.05) is 30.0 Å². The number of nitrogens with zero attached hydrogens (tertiary/aromatic N) is 3. The number of aromatic nitrogens is 2. The van der Waals surface area contributed by atoms with Crippen molar-refractivity contribution in [1.82, 2.24) is 14.3 Å². The molecule has 0 spiro atoms. The lowest BCUT2D eigenvalue weighted by atomic mass is 10.2. The standard InChI is InChI=1S/C19H22N4O3S2/c1-4-26-10-6-8-20-15-13(11-14-18(25)22(3)19(27)28-14)17(24)23-9-5-7-12(2)16(23)21-15/h5,7,9,11,20H,4,6,8,10H2,1-3H3. The maximum Gasteiger partial charge on any atom is 0.267 e. The Balaban J connectivity index is 2.04. The molecule has 2 aromatic heterocycles. The topological polar surface area (TPSA) is 75.9 Å². The van der Waals surface area contributed by atoms with Gasteiger partial charge in [-0.25, -0.2) is 4.98 Å². The summed E-state index contributed by atoms with van der Waals surface area (Å²) < 4.78 is 7.32. The summed E-state index contributed by atoms with van der Waals surface area (Å²) in [4.78, 5) is 32.0. The lowest BCUT2D eigenvalue weighted by molar-refractivity contribution is -0.121. The number of pyridine rings is 1. The predicted octanol–water partition coefficient (Wildman–Crippen LogP) is 2.67. The second-order valence-corrected chi connectivity index (χ2v) is 7.96. The van der Waals surface area contributed by atoms with E-state index in [1.54, 1.807) is 25.4 Å². The molecule has 7 nitrogen and oxygen atoms in total. The van der Waals surface area contributed by atoms with Crippen LogP contribution in [0.1, 0.15) is 24.5 Å². The Kier molecular flexibility index (Phi) is 6.48. The molecular weight excluding hydrogens is 396 g/mol. The quantitative estimate of drug-likeness (QED) is 0.421. The van der Waals surface area contributed by atoms with E-state index in [2.05, 4.69) is 10.3 Å². The SMILES string of the molecule is CCOCCCNc1nc2c(C)cccn2c(=O)c1C=C1SC(=S)N(C)C1=O. The minimum absolute atomic E-state index is 0.217. The first-order valence-electron chi connectivity index (χ1n) is 8.99. The zero-order chi connectivity index (χ0) is 20.3. The minimum Gasteiger partial charge on any atom is -0.382 e. The van der Waals surface area contributed by atoms with Crippen LogP contribution in [0.15, 0.2) is 28.0 Å². The Hall–Kier alpha value is -2.23. The number of fused-ring (bicyclic) bond motifs is 1. The molecule has 0 unspecified atom stereocenters. The van der Waals surface area contributed by atoms with E-state index in [9.17, 15) is 9.59 Å². The van der Waals surface area contributed by atoms with Crippen LogP contribution in [0.3, 0.4) is 0 Å². The van der Waals surface area contributed by atoms with Crippen molar-refractivity contribution in [2.24, 2.45) is 0 Å². The summed E-state index contributed by atoms with van der Waals surface area (Å²) in [7, 11) is 1.63. The molecule has 0 aromatic carbocycles. The number of rotatable bonds is 7. The van der Waals surface area contributed by atoms with E-state index in [-0.39, 0.29) is 11.5 Å². The molecule has 0 atom stereocenters. The Morgan fingerprint density at radius 1 is 1.39 bits per heavy atom. The maximum absolute atomic E-state index is 13.1. The van der Waals surface area contributed by atoms with Crippen molar-refractivity contribution >= 4 is 51.7 Å². The van der Waals surface area contributed by atoms with Gasteiger partial charge in [-0.15, -0.1) is 0 Å². The number of hydrogen-bond donors (Lipinski definition) is 1. The Bertz CT molecular complexity index is 1020. The van der Waals surface area contributed by atoms with E-state index in [1.807, 2.05) is 19.9 Å². The van der Waals surface area contributed by atoms with Gasteiger partial charge in [0, 0.05) is 33.0 Å². The number of ether oxygens (including phenoxy) is 1. The van der Waals surface area contributed by atoms with E-state index >= 15 is 0 Å². The summed E-state index contributed by atoms with van der Waals surface area (Å²) in [5.74, 6) is 0.239. The second kappa shape index (κ2) is 8.85. The fraction of sp³-hybridized carbons (Fsp3) is 0.368. The molecule has 1 fully saturated rings. The number of hydrogen-bond acceptors (Lipinski definition) is 7. The first-order chi connectivity index (χ1) is 13.4. The van der Waals surface area contributed by atoms with Gasteiger partial charge in [0.05, 0.1) is 10.5 Å². The Morgan fingerprint density at radius 2 is 2.18 bits per heavy atom. The smallest absolute Gasteiger partial charge is 0.267 e. The Morgan fingerprint density at radius 3 is 2.86 bits per heavy atom. The van der Waals surface area contributed by atoms with Crippen LogP contribution in [0.2, 0.25) is 0 Å². The zero-order valence-electron chi connectivity index (χ0n) is 16.0. The lowest BCUT2D eigenvalue weighted by Gasteiger charge is -2.12. The van der Waals surface area contributed by atoms with Gasteiger partial charge in [0.15, 0.2) is 0 Å². The largest absolute Gasteiger partial charge is 0.382 e. The molecule has 3 rings (SSSR count). The highest BCUT2D eigenvalue weighted by molar-refractivity contribution is 8.26. The summed E-state index contributed by atoms with van der Waals surface area (Å²) >= 11 is 6.36. The molecule has 1 aliphatic rings. The highest BCUT2D eigenvalue weighted by Gasteiger charge is 2.29. The van der Waals surface area contributed by atoms with E-state index in [1.165, 1.54) is 21.1 Å². The average molecular weight is 419 g/mol. The van der Waals surface area contributed by atoms with Crippen LogP contribution in [0.5, 0.6) is 0 Å². The van der Waals surface area contributed by atoms with E-state index in [4.69, 9.17) is 17.0 Å². The first-order valence-corrected chi connectivity index (χ1v) is 10.2. The molecule has 1 N–H and O–H groups in total. The third kappa shape index (κ3) is 4.11. The van der Waals surface area contributed by atoms with Gasteiger partial charge in [-0.2, -0.15) is 0 Å². The predicted molar refractivity (Wildman–Crippen MR) is 117 cm³/mol. The molecular formula is C19H22N4O3S2. The highest BCUT2D eigenvalue weighted by Crippen LogP contribution is 2.31. The van der Waals surface area contributed by atoms with Gasteiger partial charge in [0.1, 0.15) is 15.8 Å². The monoisotopic (exact) mass is 418 g/mol. The van der Waals surface area contributed by atoms with Crippen LogP contribution >= 0.6 is 24.0 Å². The van der Waals surface area contributed by atoms with Gasteiger partial charge in [-0.3, -0.25) is 18.9 Å². The van der Waals surface area contributed by atoms with Crippen molar-refractivity contribution in [1.29, 1.82) is 0 Å². The third-order valence-corrected chi connectivity index (χ3v) is 5.79. The van der Waals surface area contributed by atoms with Gasteiger partial charge in [0.25, 0.3) is 11.5 Å². The van der Waals surface area contributed by atoms with E-state index in [0.717, 1.165) is 12.0 Å². The number of thioether (sulfide) groups is 1. The van der Waals surface area contributed by atoms with Crippen LogP contribution in [-0.4, -0.2) is 51.3 Å². The van der Waals surface area contributed by atoms with Crippen LogP contribution < -0.4 is 10.9 Å². The van der Waals surface area contributed by atoms with Crippen molar-refractivity contribution < 1.29 is 9.53 Å². The Labute approximate surface area is 172 Å².